The number of rotatable bonds is 3. The van der Waals surface area contributed by atoms with Gasteiger partial charge in [-0.05, 0) is 43.6 Å². The van der Waals surface area contributed by atoms with E-state index in [1.54, 1.807) is 0 Å². The first-order valence-corrected chi connectivity index (χ1v) is 6.94. The largest absolute Gasteiger partial charge is 0.458 e. The zero-order chi connectivity index (χ0) is 14.7. The van der Waals surface area contributed by atoms with E-state index < -0.39 is 0 Å². The van der Waals surface area contributed by atoms with Gasteiger partial charge in [-0.2, -0.15) is 10.4 Å². The van der Waals surface area contributed by atoms with Gasteiger partial charge in [-0.15, -0.1) is 0 Å². The fourth-order valence-corrected chi connectivity index (χ4v) is 2.45. The van der Waals surface area contributed by atoms with Crippen LogP contribution in [0.5, 0.6) is 0 Å². The Balaban J connectivity index is 1.70. The van der Waals surface area contributed by atoms with Crippen molar-refractivity contribution in [2.75, 3.05) is 5.73 Å². The second kappa shape index (κ2) is 5.71. The van der Waals surface area contributed by atoms with E-state index in [0.29, 0.717) is 5.56 Å². The van der Waals surface area contributed by atoms with Crippen LogP contribution in [-0.4, -0.2) is 10.2 Å². The van der Waals surface area contributed by atoms with Crippen molar-refractivity contribution < 1.29 is 4.74 Å². The lowest BCUT2D eigenvalue weighted by atomic mass is 9.94. The summed E-state index contributed by atoms with van der Waals surface area (Å²) in [5.41, 5.74) is 6.86. The molecule has 0 amide bonds. The van der Waals surface area contributed by atoms with Gasteiger partial charge in [0.25, 0.3) is 0 Å². The van der Waals surface area contributed by atoms with Gasteiger partial charge in [-0.1, -0.05) is 12.2 Å². The van der Waals surface area contributed by atoms with Crippen molar-refractivity contribution in [1.82, 2.24) is 10.2 Å². The van der Waals surface area contributed by atoms with Crippen LogP contribution < -0.4 is 5.73 Å². The molecule has 0 bridgehead atoms. The van der Waals surface area contributed by atoms with Gasteiger partial charge in [0.1, 0.15) is 23.2 Å². The predicted molar refractivity (Wildman–Crippen MR) is 79.8 cm³/mol. The second-order valence-corrected chi connectivity index (χ2v) is 5.01. The number of aromatic amines is 1. The van der Waals surface area contributed by atoms with Crippen LogP contribution in [0.15, 0.2) is 48.0 Å². The molecule has 0 spiro atoms. The molecule has 0 radical (unpaired) electrons. The van der Waals surface area contributed by atoms with Crippen LogP contribution in [0.2, 0.25) is 0 Å². The molecule has 0 fully saturated rings. The predicted octanol–water partition coefficient (Wildman–Crippen LogP) is 3.04. The summed E-state index contributed by atoms with van der Waals surface area (Å²) in [5, 5.41) is 15.9. The highest BCUT2D eigenvalue weighted by atomic mass is 16.5. The average molecular weight is 280 g/mol. The summed E-state index contributed by atoms with van der Waals surface area (Å²) in [5.74, 6) is 2.05. The van der Waals surface area contributed by atoms with Crippen LogP contribution in [0.3, 0.4) is 0 Å². The number of nitriles is 1. The van der Waals surface area contributed by atoms with E-state index in [9.17, 15) is 0 Å². The molecule has 5 heteroatoms. The lowest BCUT2D eigenvalue weighted by molar-refractivity contribution is 0.328. The van der Waals surface area contributed by atoms with E-state index in [1.165, 1.54) is 0 Å². The third kappa shape index (κ3) is 2.75. The molecule has 1 unspecified atom stereocenters. The number of nitrogens with zero attached hydrogens (tertiary/aromatic N) is 2. The summed E-state index contributed by atoms with van der Waals surface area (Å²) < 4.78 is 5.81. The molecule has 3 N–H and O–H groups in total. The Kier molecular flexibility index (Phi) is 3.61. The molecule has 5 nitrogen and oxygen atoms in total. The Hall–Kier alpha value is -2.74. The number of nitrogens with two attached hydrogens (primary N) is 1. The van der Waals surface area contributed by atoms with Crippen LogP contribution in [0, 0.1) is 11.3 Å². The normalized spacial score (nSPS) is 20.6. The highest BCUT2D eigenvalue weighted by molar-refractivity contribution is 5.53. The van der Waals surface area contributed by atoms with Gasteiger partial charge in [-0.25, -0.2) is 0 Å². The number of aromatic nitrogens is 2. The highest BCUT2D eigenvalue weighted by Gasteiger charge is 2.20. The molecule has 21 heavy (non-hydrogen) atoms. The van der Waals surface area contributed by atoms with Crippen molar-refractivity contribution in [3.8, 4) is 6.07 Å². The molecule has 0 saturated carbocycles. The monoisotopic (exact) mass is 280 g/mol. The third-order valence-corrected chi connectivity index (χ3v) is 3.57. The number of hydrogen-bond acceptors (Lipinski definition) is 4. The van der Waals surface area contributed by atoms with E-state index in [2.05, 4.69) is 28.4 Å². The van der Waals surface area contributed by atoms with Gasteiger partial charge in [0, 0.05) is 5.92 Å². The van der Waals surface area contributed by atoms with E-state index in [-0.39, 0.29) is 11.7 Å². The molecule has 0 aliphatic heterocycles. The number of allylic oxidation sites excluding steroid dienone is 6. The molecule has 1 aromatic heterocycles. The van der Waals surface area contributed by atoms with Crippen LogP contribution in [0.4, 0.5) is 5.82 Å². The number of H-pyrrole nitrogens is 1. The van der Waals surface area contributed by atoms with Crippen LogP contribution in [0.1, 0.15) is 36.4 Å². The van der Waals surface area contributed by atoms with Crippen molar-refractivity contribution in [1.29, 1.82) is 5.26 Å². The van der Waals surface area contributed by atoms with Gasteiger partial charge in [0.05, 0.1) is 5.69 Å². The number of nitrogens with one attached hydrogen (secondary N) is 1. The standard InChI is InChI=1S/C16H16N4O/c17-10-14-15(19-20-16(14)18)11-6-8-13(9-7-11)21-12-4-2-1-3-5-12/h2,4-6,8-9,11H,1,3,7H2,(H3,18,19,20). The van der Waals surface area contributed by atoms with Crippen molar-refractivity contribution >= 4 is 5.82 Å². The summed E-state index contributed by atoms with van der Waals surface area (Å²) in [4.78, 5) is 0. The number of hydrogen-bond donors (Lipinski definition) is 2. The fraction of sp³-hybridized carbons (Fsp3) is 0.250. The molecule has 2 aliphatic carbocycles. The summed E-state index contributed by atoms with van der Waals surface area (Å²) in [6, 6.07) is 2.10. The minimum Gasteiger partial charge on any atom is -0.458 e. The van der Waals surface area contributed by atoms with E-state index >= 15 is 0 Å². The van der Waals surface area contributed by atoms with E-state index in [4.69, 9.17) is 15.7 Å². The average Bonchev–Trinajstić information content (AvgIpc) is 2.90. The lowest BCUT2D eigenvalue weighted by Crippen LogP contribution is -2.03. The Morgan fingerprint density at radius 2 is 2.14 bits per heavy atom. The van der Waals surface area contributed by atoms with Gasteiger partial charge in [0.15, 0.2) is 5.82 Å². The summed E-state index contributed by atoms with van der Waals surface area (Å²) in [6.45, 7) is 0. The Morgan fingerprint density at radius 1 is 1.29 bits per heavy atom. The summed E-state index contributed by atoms with van der Waals surface area (Å²) >= 11 is 0. The molecule has 0 saturated heterocycles. The third-order valence-electron chi connectivity index (χ3n) is 3.57. The summed E-state index contributed by atoms with van der Waals surface area (Å²) in [6.07, 6.45) is 15.0. The Labute approximate surface area is 123 Å². The quantitative estimate of drug-likeness (QED) is 0.890. The number of anilines is 1. The van der Waals surface area contributed by atoms with Crippen molar-refractivity contribution in [2.45, 2.75) is 25.2 Å². The molecule has 0 aromatic carbocycles. The van der Waals surface area contributed by atoms with Gasteiger partial charge in [0.2, 0.25) is 0 Å². The summed E-state index contributed by atoms with van der Waals surface area (Å²) in [7, 11) is 0. The lowest BCUT2D eigenvalue weighted by Gasteiger charge is -2.17. The maximum Gasteiger partial charge on any atom is 0.163 e. The fourth-order valence-electron chi connectivity index (χ4n) is 2.45. The van der Waals surface area contributed by atoms with E-state index in [0.717, 1.165) is 36.5 Å². The minimum absolute atomic E-state index is 0.0766. The minimum atomic E-state index is 0.0766. The Bertz CT molecular complexity index is 700. The smallest absolute Gasteiger partial charge is 0.163 e. The molecule has 1 atom stereocenters. The zero-order valence-electron chi connectivity index (χ0n) is 11.5. The van der Waals surface area contributed by atoms with Gasteiger partial charge < -0.3 is 10.5 Å². The second-order valence-electron chi connectivity index (χ2n) is 5.01. The molecular weight excluding hydrogens is 264 g/mol. The SMILES string of the molecule is N#Cc1c(N)n[nH]c1C1C=CC(OC2=CCCC=C2)=CC1. The number of ether oxygens (including phenoxy) is 1. The van der Waals surface area contributed by atoms with Crippen molar-refractivity contribution in [2.24, 2.45) is 0 Å². The van der Waals surface area contributed by atoms with Crippen molar-refractivity contribution in [3.63, 3.8) is 0 Å². The van der Waals surface area contributed by atoms with Crippen molar-refractivity contribution in [3.05, 3.63) is 59.2 Å². The molecule has 2 aliphatic rings. The molecule has 1 aromatic rings. The highest BCUT2D eigenvalue weighted by Crippen LogP contribution is 2.30. The van der Waals surface area contributed by atoms with Crippen LogP contribution in [0.25, 0.3) is 0 Å². The molecular formula is C16H16N4O. The number of nitrogen functional groups attached to an aromatic ring is 1. The van der Waals surface area contributed by atoms with Gasteiger partial charge >= 0.3 is 0 Å². The molecule has 1 heterocycles. The topological polar surface area (TPSA) is 87.7 Å². The molecule has 106 valence electrons. The maximum absolute atomic E-state index is 9.12. The van der Waals surface area contributed by atoms with E-state index in [1.807, 2.05) is 24.3 Å². The zero-order valence-corrected chi connectivity index (χ0v) is 11.5. The maximum atomic E-state index is 9.12. The molecule has 3 rings (SSSR count). The first-order chi connectivity index (χ1) is 10.3. The van der Waals surface area contributed by atoms with Gasteiger partial charge in [-0.3, -0.25) is 5.10 Å². The Morgan fingerprint density at radius 3 is 2.81 bits per heavy atom. The first-order valence-electron chi connectivity index (χ1n) is 6.94. The first kappa shape index (κ1) is 13.3. The van der Waals surface area contributed by atoms with Crippen LogP contribution in [-0.2, 0) is 4.74 Å². The van der Waals surface area contributed by atoms with Crippen LogP contribution >= 0.6 is 0 Å².